The molecule has 1 aromatic heterocycles. The van der Waals surface area contributed by atoms with E-state index in [-0.39, 0.29) is 5.54 Å². The lowest BCUT2D eigenvalue weighted by atomic mass is 10.1. The van der Waals surface area contributed by atoms with Crippen molar-refractivity contribution in [2.45, 2.75) is 39.4 Å². The summed E-state index contributed by atoms with van der Waals surface area (Å²) >= 11 is 3.47. The summed E-state index contributed by atoms with van der Waals surface area (Å²) in [5.41, 5.74) is 2.78. The van der Waals surface area contributed by atoms with Gasteiger partial charge in [0.25, 0.3) is 0 Å². The molecule has 1 aromatic carbocycles. The van der Waals surface area contributed by atoms with Gasteiger partial charge in [0, 0.05) is 35.0 Å². The number of nitrogens with one attached hydrogen (secondary N) is 1. The molecular weight excluding hydrogens is 300 g/mol. The molecule has 0 saturated heterocycles. The number of hydrogen-bond donors (Lipinski definition) is 1. The van der Waals surface area contributed by atoms with Crippen LogP contribution in [0.1, 0.15) is 32.0 Å². The number of rotatable bonds is 4. The average Bonchev–Trinajstić information content (AvgIpc) is 2.76. The highest BCUT2D eigenvalue weighted by atomic mass is 79.9. The number of nitrogens with zero attached hydrogens (tertiary/aromatic N) is 1. The monoisotopic (exact) mass is 320 g/mol. The minimum Gasteiger partial charge on any atom is -0.346 e. The van der Waals surface area contributed by atoms with Crippen molar-refractivity contribution in [3.8, 4) is 0 Å². The van der Waals surface area contributed by atoms with Crippen LogP contribution in [0, 0.1) is 0 Å². The molecule has 2 rings (SSSR count). The van der Waals surface area contributed by atoms with Gasteiger partial charge in [-0.2, -0.15) is 0 Å². The average molecular weight is 321 g/mol. The summed E-state index contributed by atoms with van der Waals surface area (Å²) in [6.07, 6.45) is 2.14. The van der Waals surface area contributed by atoms with Gasteiger partial charge in [-0.25, -0.2) is 0 Å². The molecule has 0 amide bonds. The highest BCUT2D eigenvalue weighted by Gasteiger charge is 2.10. The first kappa shape index (κ1) is 14.4. The second kappa shape index (κ2) is 5.93. The van der Waals surface area contributed by atoms with E-state index in [4.69, 9.17) is 0 Å². The maximum Gasteiger partial charge on any atom is 0.0473 e. The van der Waals surface area contributed by atoms with Crippen LogP contribution in [0.5, 0.6) is 0 Å². The summed E-state index contributed by atoms with van der Waals surface area (Å²) in [6.45, 7) is 8.38. The van der Waals surface area contributed by atoms with Gasteiger partial charge in [0.2, 0.25) is 0 Å². The van der Waals surface area contributed by atoms with Crippen LogP contribution in [0.15, 0.2) is 47.1 Å². The summed E-state index contributed by atoms with van der Waals surface area (Å²) in [5.74, 6) is 0. The predicted octanol–water partition coefficient (Wildman–Crippen LogP) is 4.19. The van der Waals surface area contributed by atoms with Crippen LogP contribution in [0.2, 0.25) is 0 Å². The normalized spacial score (nSPS) is 11.8. The molecule has 0 radical (unpaired) electrons. The van der Waals surface area contributed by atoms with Gasteiger partial charge in [-0.05, 0) is 50.6 Å². The number of hydrogen-bond acceptors (Lipinski definition) is 1. The summed E-state index contributed by atoms with van der Waals surface area (Å²) < 4.78 is 3.42. The maximum absolute atomic E-state index is 3.53. The van der Waals surface area contributed by atoms with E-state index in [0.29, 0.717) is 0 Å². The summed E-state index contributed by atoms with van der Waals surface area (Å²) in [5, 5.41) is 3.53. The second-order valence-electron chi connectivity index (χ2n) is 5.86. The number of halogens is 1. The topological polar surface area (TPSA) is 17.0 Å². The van der Waals surface area contributed by atoms with Crippen LogP contribution in [0.25, 0.3) is 0 Å². The van der Waals surface area contributed by atoms with Crippen LogP contribution in [0.3, 0.4) is 0 Å². The Morgan fingerprint density at radius 3 is 2.42 bits per heavy atom. The van der Waals surface area contributed by atoms with Gasteiger partial charge in [-0.15, -0.1) is 0 Å². The molecule has 19 heavy (non-hydrogen) atoms. The minimum atomic E-state index is 0.146. The molecule has 1 heterocycles. The van der Waals surface area contributed by atoms with E-state index in [1.807, 2.05) is 0 Å². The Hall–Kier alpha value is -1.06. The zero-order valence-corrected chi connectivity index (χ0v) is 13.4. The largest absolute Gasteiger partial charge is 0.346 e. The van der Waals surface area contributed by atoms with Crippen molar-refractivity contribution in [1.82, 2.24) is 9.88 Å². The zero-order valence-electron chi connectivity index (χ0n) is 11.8. The summed E-state index contributed by atoms with van der Waals surface area (Å²) in [4.78, 5) is 0. The maximum atomic E-state index is 3.53. The van der Waals surface area contributed by atoms with Crippen molar-refractivity contribution < 1.29 is 0 Å². The first-order valence-electron chi connectivity index (χ1n) is 6.57. The van der Waals surface area contributed by atoms with Crippen molar-refractivity contribution in [2.24, 2.45) is 0 Å². The van der Waals surface area contributed by atoms with Gasteiger partial charge >= 0.3 is 0 Å². The molecule has 2 nitrogen and oxygen atoms in total. The third kappa shape index (κ3) is 4.51. The van der Waals surface area contributed by atoms with E-state index >= 15 is 0 Å². The van der Waals surface area contributed by atoms with E-state index < -0.39 is 0 Å². The molecule has 0 saturated carbocycles. The molecule has 0 fully saturated rings. The van der Waals surface area contributed by atoms with Crippen molar-refractivity contribution in [3.05, 3.63) is 58.3 Å². The van der Waals surface area contributed by atoms with E-state index in [2.05, 4.69) is 89.2 Å². The zero-order chi connectivity index (χ0) is 13.9. The van der Waals surface area contributed by atoms with E-state index in [1.165, 1.54) is 11.3 Å². The first-order chi connectivity index (χ1) is 8.94. The summed E-state index contributed by atoms with van der Waals surface area (Å²) in [6, 6.07) is 12.8. The van der Waals surface area contributed by atoms with Crippen LogP contribution in [-0.2, 0) is 13.1 Å². The van der Waals surface area contributed by atoms with Crippen molar-refractivity contribution >= 4 is 15.9 Å². The molecule has 3 heteroatoms. The van der Waals surface area contributed by atoms with Gasteiger partial charge in [0.1, 0.15) is 0 Å². The fourth-order valence-corrected chi connectivity index (χ4v) is 2.17. The van der Waals surface area contributed by atoms with E-state index in [9.17, 15) is 0 Å². The Bertz CT molecular complexity index is 520. The number of benzene rings is 1. The molecule has 0 aliphatic carbocycles. The smallest absolute Gasteiger partial charge is 0.0473 e. The van der Waals surface area contributed by atoms with Crippen molar-refractivity contribution in [1.29, 1.82) is 0 Å². The fraction of sp³-hybridized carbons (Fsp3) is 0.375. The lowest BCUT2D eigenvalue weighted by molar-refractivity contribution is 0.417. The lowest BCUT2D eigenvalue weighted by Crippen LogP contribution is -2.35. The molecule has 0 aliphatic heterocycles. The third-order valence-electron chi connectivity index (χ3n) is 2.99. The molecule has 0 bridgehead atoms. The van der Waals surface area contributed by atoms with Crippen LogP contribution >= 0.6 is 15.9 Å². The molecule has 2 aromatic rings. The van der Waals surface area contributed by atoms with Gasteiger partial charge < -0.3 is 9.88 Å². The van der Waals surface area contributed by atoms with Crippen molar-refractivity contribution in [2.75, 3.05) is 0 Å². The molecular formula is C16H21BrN2. The van der Waals surface area contributed by atoms with Gasteiger partial charge in [0.05, 0.1) is 0 Å². The van der Waals surface area contributed by atoms with E-state index in [0.717, 1.165) is 17.6 Å². The van der Waals surface area contributed by atoms with Gasteiger partial charge in [-0.1, -0.05) is 28.1 Å². The second-order valence-corrected chi connectivity index (χ2v) is 6.77. The minimum absolute atomic E-state index is 0.146. The Morgan fingerprint density at radius 2 is 1.79 bits per heavy atom. The lowest BCUT2D eigenvalue weighted by Gasteiger charge is -2.21. The highest BCUT2D eigenvalue weighted by molar-refractivity contribution is 9.10. The third-order valence-corrected chi connectivity index (χ3v) is 3.52. The SMILES string of the molecule is CC(C)(C)NCc1cccn1Cc1ccc(Br)cc1. The Morgan fingerprint density at radius 1 is 1.11 bits per heavy atom. The van der Waals surface area contributed by atoms with Crippen LogP contribution in [-0.4, -0.2) is 10.1 Å². The highest BCUT2D eigenvalue weighted by Crippen LogP contribution is 2.13. The molecule has 0 spiro atoms. The molecule has 102 valence electrons. The van der Waals surface area contributed by atoms with E-state index in [1.54, 1.807) is 0 Å². The molecule has 1 N–H and O–H groups in total. The van der Waals surface area contributed by atoms with Gasteiger partial charge in [-0.3, -0.25) is 0 Å². The fourth-order valence-electron chi connectivity index (χ4n) is 1.91. The van der Waals surface area contributed by atoms with Crippen molar-refractivity contribution in [3.63, 3.8) is 0 Å². The Labute approximate surface area is 124 Å². The summed E-state index contributed by atoms with van der Waals surface area (Å²) in [7, 11) is 0. The first-order valence-corrected chi connectivity index (χ1v) is 7.37. The predicted molar refractivity (Wildman–Crippen MR) is 84.3 cm³/mol. The van der Waals surface area contributed by atoms with Crippen LogP contribution in [0.4, 0.5) is 0 Å². The molecule has 0 atom stereocenters. The quantitative estimate of drug-likeness (QED) is 0.893. The number of aromatic nitrogens is 1. The van der Waals surface area contributed by atoms with Crippen LogP contribution < -0.4 is 5.32 Å². The molecule has 0 unspecified atom stereocenters. The Balaban J connectivity index is 2.05. The van der Waals surface area contributed by atoms with Gasteiger partial charge in [0.15, 0.2) is 0 Å². The molecule has 0 aliphatic rings. The standard InChI is InChI=1S/C16H21BrN2/c1-16(2,3)18-11-15-5-4-10-19(15)12-13-6-8-14(17)9-7-13/h4-10,18H,11-12H2,1-3H3. The Kier molecular flexibility index (Phi) is 4.48.